The molecule has 1 atom stereocenters. The smallest absolute Gasteiger partial charge is 0.195 e. The quantitative estimate of drug-likeness (QED) is 0.392. The van der Waals surface area contributed by atoms with Crippen LogP contribution >= 0.6 is 11.8 Å². The Kier molecular flexibility index (Phi) is 6.96. The lowest BCUT2D eigenvalue weighted by Gasteiger charge is -2.13. The van der Waals surface area contributed by atoms with E-state index in [9.17, 15) is 9.50 Å². The van der Waals surface area contributed by atoms with Crippen molar-refractivity contribution in [2.45, 2.75) is 17.7 Å². The normalized spacial score (nSPS) is 11.9. The first kappa shape index (κ1) is 21.1. The van der Waals surface area contributed by atoms with Crippen molar-refractivity contribution >= 4 is 11.8 Å². The fraction of sp³-hybridized carbons (Fsp3) is 0.167. The zero-order valence-electron chi connectivity index (χ0n) is 16.8. The van der Waals surface area contributed by atoms with Crippen LogP contribution in [0.2, 0.25) is 0 Å². The van der Waals surface area contributed by atoms with Crippen LogP contribution in [0.3, 0.4) is 0 Å². The molecule has 0 amide bonds. The van der Waals surface area contributed by atoms with Crippen molar-refractivity contribution in [3.63, 3.8) is 0 Å². The number of hydrogen-bond donors (Lipinski definition) is 1. The number of ether oxygens (including phenoxy) is 1. The Morgan fingerprint density at radius 2 is 1.58 bits per heavy atom. The molecule has 0 aliphatic heterocycles. The standard InChI is InChI=1S/C24H22FN3O2S/c25-19-11-13-22(14-12-19)30-16-21(29)17-31-24-27-26-23(15-18-7-3-1-4-8-18)28(24)20-9-5-2-6-10-20/h1-14,21,29H,15-17H2. The van der Waals surface area contributed by atoms with Gasteiger partial charge in [-0.2, -0.15) is 0 Å². The maximum atomic E-state index is 13.0. The van der Waals surface area contributed by atoms with Gasteiger partial charge in [-0.25, -0.2) is 4.39 Å². The van der Waals surface area contributed by atoms with Crippen LogP contribution in [0.25, 0.3) is 5.69 Å². The molecule has 0 aliphatic rings. The highest BCUT2D eigenvalue weighted by Crippen LogP contribution is 2.24. The molecular formula is C24H22FN3O2S. The molecule has 0 saturated carbocycles. The Hall–Kier alpha value is -3.16. The highest BCUT2D eigenvalue weighted by Gasteiger charge is 2.17. The summed E-state index contributed by atoms with van der Waals surface area (Å²) in [5.41, 5.74) is 2.12. The van der Waals surface area contributed by atoms with Gasteiger partial charge in [-0.1, -0.05) is 60.3 Å². The molecule has 0 fully saturated rings. The molecular weight excluding hydrogens is 413 g/mol. The molecule has 158 valence electrons. The molecule has 0 spiro atoms. The van der Waals surface area contributed by atoms with Crippen molar-refractivity contribution in [1.82, 2.24) is 14.8 Å². The topological polar surface area (TPSA) is 60.2 Å². The lowest BCUT2D eigenvalue weighted by molar-refractivity contribution is 0.126. The van der Waals surface area contributed by atoms with E-state index < -0.39 is 6.10 Å². The lowest BCUT2D eigenvalue weighted by atomic mass is 10.1. The van der Waals surface area contributed by atoms with Crippen molar-refractivity contribution in [3.05, 3.63) is 102 Å². The number of rotatable bonds is 9. The summed E-state index contributed by atoms with van der Waals surface area (Å²) in [5.74, 6) is 1.41. The Morgan fingerprint density at radius 3 is 2.29 bits per heavy atom. The van der Waals surface area contributed by atoms with E-state index in [4.69, 9.17) is 4.74 Å². The monoisotopic (exact) mass is 435 g/mol. The van der Waals surface area contributed by atoms with E-state index in [2.05, 4.69) is 22.3 Å². The molecule has 1 aromatic heterocycles. The van der Waals surface area contributed by atoms with Gasteiger partial charge in [-0.3, -0.25) is 4.57 Å². The minimum absolute atomic E-state index is 0.106. The number of nitrogens with zero attached hydrogens (tertiary/aromatic N) is 3. The number of hydrogen-bond acceptors (Lipinski definition) is 5. The molecule has 0 saturated heterocycles. The Bertz CT molecular complexity index is 1090. The van der Waals surface area contributed by atoms with Crippen molar-refractivity contribution in [2.24, 2.45) is 0 Å². The summed E-state index contributed by atoms with van der Waals surface area (Å²) in [6.45, 7) is 0.106. The summed E-state index contributed by atoms with van der Waals surface area (Å²) >= 11 is 1.42. The van der Waals surface area contributed by atoms with Crippen LogP contribution in [-0.2, 0) is 6.42 Å². The molecule has 0 bridgehead atoms. The van der Waals surface area contributed by atoms with E-state index in [1.165, 1.54) is 36.0 Å². The molecule has 4 rings (SSSR count). The van der Waals surface area contributed by atoms with Crippen LogP contribution in [0.4, 0.5) is 4.39 Å². The van der Waals surface area contributed by atoms with Gasteiger partial charge in [-0.05, 0) is 42.0 Å². The summed E-state index contributed by atoms with van der Waals surface area (Å²) in [6, 6.07) is 25.8. The summed E-state index contributed by atoms with van der Waals surface area (Å²) in [7, 11) is 0. The molecule has 7 heteroatoms. The zero-order valence-corrected chi connectivity index (χ0v) is 17.6. The number of para-hydroxylation sites is 1. The summed E-state index contributed by atoms with van der Waals surface area (Å²) in [4.78, 5) is 0. The molecule has 0 aliphatic carbocycles. The van der Waals surface area contributed by atoms with Gasteiger partial charge in [0.05, 0.1) is 6.10 Å². The van der Waals surface area contributed by atoms with Crippen molar-refractivity contribution < 1.29 is 14.2 Å². The molecule has 0 radical (unpaired) electrons. The Morgan fingerprint density at radius 1 is 0.903 bits per heavy atom. The van der Waals surface area contributed by atoms with Crippen LogP contribution in [0, 0.1) is 5.82 Å². The van der Waals surface area contributed by atoms with E-state index in [1.54, 1.807) is 0 Å². The minimum Gasteiger partial charge on any atom is -0.491 e. The van der Waals surface area contributed by atoms with Crippen LogP contribution in [0.1, 0.15) is 11.4 Å². The SMILES string of the molecule is OC(COc1ccc(F)cc1)CSc1nnc(Cc2ccccc2)n1-c1ccccc1. The molecule has 31 heavy (non-hydrogen) atoms. The molecule has 4 aromatic rings. The Labute approximate surface area is 184 Å². The molecule has 3 aromatic carbocycles. The van der Waals surface area contributed by atoms with E-state index in [-0.39, 0.29) is 12.4 Å². The number of aromatic nitrogens is 3. The maximum Gasteiger partial charge on any atom is 0.195 e. The average molecular weight is 436 g/mol. The molecule has 1 N–H and O–H groups in total. The second-order valence-electron chi connectivity index (χ2n) is 6.96. The largest absolute Gasteiger partial charge is 0.491 e. The van der Waals surface area contributed by atoms with Gasteiger partial charge in [-0.15, -0.1) is 10.2 Å². The fourth-order valence-electron chi connectivity index (χ4n) is 3.07. The van der Waals surface area contributed by atoms with Gasteiger partial charge in [0, 0.05) is 17.9 Å². The lowest BCUT2D eigenvalue weighted by Crippen LogP contribution is -2.20. The number of aliphatic hydroxyl groups excluding tert-OH is 1. The van der Waals surface area contributed by atoms with E-state index in [1.807, 2.05) is 53.1 Å². The second kappa shape index (κ2) is 10.2. The molecule has 5 nitrogen and oxygen atoms in total. The predicted molar refractivity (Wildman–Crippen MR) is 119 cm³/mol. The van der Waals surface area contributed by atoms with Crippen molar-refractivity contribution in [3.8, 4) is 11.4 Å². The summed E-state index contributed by atoms with van der Waals surface area (Å²) < 4.78 is 20.5. The first-order chi connectivity index (χ1) is 15.2. The van der Waals surface area contributed by atoms with Gasteiger partial charge < -0.3 is 9.84 Å². The number of thioether (sulfide) groups is 1. The van der Waals surface area contributed by atoms with Gasteiger partial charge >= 0.3 is 0 Å². The average Bonchev–Trinajstić information content (AvgIpc) is 3.21. The highest BCUT2D eigenvalue weighted by molar-refractivity contribution is 7.99. The zero-order chi connectivity index (χ0) is 21.5. The predicted octanol–water partition coefficient (Wildman–Crippen LogP) is 4.53. The van der Waals surface area contributed by atoms with E-state index in [0.29, 0.717) is 23.1 Å². The molecule has 1 heterocycles. The summed E-state index contributed by atoms with van der Waals surface area (Å²) in [6.07, 6.45) is -0.0620. The number of halogens is 1. The third kappa shape index (κ3) is 5.71. The minimum atomic E-state index is -0.714. The highest BCUT2D eigenvalue weighted by atomic mass is 32.2. The van der Waals surface area contributed by atoms with Crippen LogP contribution in [-0.4, -0.2) is 38.3 Å². The summed E-state index contributed by atoms with van der Waals surface area (Å²) in [5, 5.41) is 19.8. The van der Waals surface area contributed by atoms with Crippen LogP contribution < -0.4 is 4.74 Å². The third-order valence-electron chi connectivity index (χ3n) is 4.58. The van der Waals surface area contributed by atoms with E-state index >= 15 is 0 Å². The van der Waals surface area contributed by atoms with Crippen LogP contribution in [0.5, 0.6) is 5.75 Å². The van der Waals surface area contributed by atoms with Gasteiger partial charge in [0.15, 0.2) is 5.16 Å². The maximum absolute atomic E-state index is 13.0. The van der Waals surface area contributed by atoms with Crippen molar-refractivity contribution in [1.29, 1.82) is 0 Å². The Balaban J connectivity index is 1.45. The molecule has 1 unspecified atom stereocenters. The van der Waals surface area contributed by atoms with Gasteiger partial charge in [0.25, 0.3) is 0 Å². The first-order valence-electron chi connectivity index (χ1n) is 9.92. The number of benzene rings is 3. The van der Waals surface area contributed by atoms with Crippen molar-refractivity contribution in [2.75, 3.05) is 12.4 Å². The second-order valence-corrected chi connectivity index (χ2v) is 7.95. The first-order valence-corrected chi connectivity index (χ1v) is 10.9. The fourth-order valence-corrected chi connectivity index (χ4v) is 3.94. The van der Waals surface area contributed by atoms with E-state index in [0.717, 1.165) is 17.1 Å². The van der Waals surface area contributed by atoms with Crippen LogP contribution in [0.15, 0.2) is 90.1 Å². The van der Waals surface area contributed by atoms with Gasteiger partial charge in [0.1, 0.15) is 24.0 Å². The number of aliphatic hydroxyl groups is 1. The third-order valence-corrected chi connectivity index (χ3v) is 5.65. The van der Waals surface area contributed by atoms with Gasteiger partial charge in [0.2, 0.25) is 0 Å².